The third-order valence-corrected chi connectivity index (χ3v) is 3.48. The molecule has 0 unspecified atom stereocenters. The summed E-state index contributed by atoms with van der Waals surface area (Å²) in [5.74, 6) is 0.725. The molecule has 0 saturated carbocycles. The first-order valence-corrected chi connectivity index (χ1v) is 6.75. The van der Waals surface area contributed by atoms with Crippen molar-refractivity contribution in [3.63, 3.8) is 0 Å². The maximum Gasteiger partial charge on any atom is 0.142 e. The van der Waals surface area contributed by atoms with Gasteiger partial charge in [0.05, 0.1) is 12.8 Å². The summed E-state index contributed by atoms with van der Waals surface area (Å²) in [6.45, 7) is 0.538. The van der Waals surface area contributed by atoms with Crippen LogP contribution in [0.1, 0.15) is 5.56 Å². The quantitative estimate of drug-likeness (QED) is 0.830. The van der Waals surface area contributed by atoms with E-state index in [9.17, 15) is 0 Å². The predicted molar refractivity (Wildman–Crippen MR) is 81.8 cm³/mol. The molecule has 5 heteroatoms. The fourth-order valence-corrected chi connectivity index (χ4v) is 2.24. The van der Waals surface area contributed by atoms with Gasteiger partial charge < -0.3 is 10.1 Å². The molecule has 0 aromatic heterocycles. The minimum Gasteiger partial charge on any atom is -0.495 e. The van der Waals surface area contributed by atoms with Crippen LogP contribution in [-0.4, -0.2) is 7.11 Å². The number of rotatable bonds is 4. The minimum atomic E-state index is 0.538. The van der Waals surface area contributed by atoms with Gasteiger partial charge in [-0.25, -0.2) is 0 Å². The van der Waals surface area contributed by atoms with Gasteiger partial charge in [0.2, 0.25) is 0 Å². The number of benzene rings is 2. The van der Waals surface area contributed by atoms with E-state index in [0.717, 1.165) is 17.0 Å². The van der Waals surface area contributed by atoms with E-state index in [2.05, 4.69) is 5.32 Å². The molecule has 100 valence electrons. The van der Waals surface area contributed by atoms with Gasteiger partial charge >= 0.3 is 0 Å². The summed E-state index contributed by atoms with van der Waals surface area (Å²) in [7, 11) is 1.61. The maximum atomic E-state index is 6.11. The molecule has 2 rings (SSSR count). The fraction of sp³-hybridized carbons (Fsp3) is 0.143. The second kappa shape index (κ2) is 6.38. The van der Waals surface area contributed by atoms with Crippen LogP contribution in [0.25, 0.3) is 0 Å². The molecule has 0 aliphatic carbocycles. The number of hydrogen-bond donors (Lipinski definition) is 1. The number of halogens is 3. The lowest BCUT2D eigenvalue weighted by Crippen LogP contribution is -2.02. The zero-order valence-corrected chi connectivity index (χ0v) is 12.5. The fourth-order valence-electron chi connectivity index (χ4n) is 1.69. The van der Waals surface area contributed by atoms with Crippen molar-refractivity contribution in [2.45, 2.75) is 6.54 Å². The van der Waals surface area contributed by atoms with Crippen LogP contribution < -0.4 is 10.1 Å². The molecule has 0 aliphatic heterocycles. The van der Waals surface area contributed by atoms with Crippen molar-refractivity contribution < 1.29 is 4.74 Å². The van der Waals surface area contributed by atoms with E-state index in [1.54, 1.807) is 31.4 Å². The number of hydrogen-bond acceptors (Lipinski definition) is 2. The van der Waals surface area contributed by atoms with Crippen LogP contribution in [0.15, 0.2) is 36.4 Å². The van der Waals surface area contributed by atoms with E-state index < -0.39 is 0 Å². The van der Waals surface area contributed by atoms with Crippen molar-refractivity contribution in [3.05, 3.63) is 57.0 Å². The summed E-state index contributed by atoms with van der Waals surface area (Å²) >= 11 is 18.0. The molecule has 19 heavy (non-hydrogen) atoms. The zero-order valence-electron chi connectivity index (χ0n) is 10.2. The van der Waals surface area contributed by atoms with Crippen LogP contribution >= 0.6 is 34.8 Å². The largest absolute Gasteiger partial charge is 0.495 e. The van der Waals surface area contributed by atoms with E-state index in [-0.39, 0.29) is 0 Å². The average molecular weight is 317 g/mol. The van der Waals surface area contributed by atoms with Gasteiger partial charge in [-0.15, -0.1) is 0 Å². The van der Waals surface area contributed by atoms with Crippen molar-refractivity contribution >= 4 is 40.5 Å². The number of anilines is 1. The molecule has 0 atom stereocenters. The monoisotopic (exact) mass is 315 g/mol. The Kier molecular flexibility index (Phi) is 4.81. The van der Waals surface area contributed by atoms with Crippen molar-refractivity contribution in [2.75, 3.05) is 12.4 Å². The van der Waals surface area contributed by atoms with E-state index in [1.807, 2.05) is 12.1 Å². The molecule has 2 nitrogen and oxygen atoms in total. The normalized spacial score (nSPS) is 10.3. The molecule has 0 saturated heterocycles. The number of methoxy groups -OCH3 is 1. The lowest BCUT2D eigenvalue weighted by Gasteiger charge is -2.12. The molecular formula is C14H12Cl3NO. The second-order valence-electron chi connectivity index (χ2n) is 3.93. The summed E-state index contributed by atoms with van der Waals surface area (Å²) in [5.41, 5.74) is 1.72. The topological polar surface area (TPSA) is 21.3 Å². The van der Waals surface area contributed by atoms with Gasteiger partial charge in [-0.2, -0.15) is 0 Å². The van der Waals surface area contributed by atoms with E-state index in [4.69, 9.17) is 39.5 Å². The molecular weight excluding hydrogens is 305 g/mol. The Bertz CT molecular complexity index is 587. The molecule has 0 amide bonds. The number of ether oxygens (including phenoxy) is 1. The third-order valence-electron chi connectivity index (χ3n) is 2.64. The molecule has 1 N–H and O–H groups in total. The molecule has 0 bridgehead atoms. The van der Waals surface area contributed by atoms with Crippen molar-refractivity contribution in [1.82, 2.24) is 0 Å². The summed E-state index contributed by atoms with van der Waals surface area (Å²) in [6.07, 6.45) is 0. The molecule has 0 heterocycles. The van der Waals surface area contributed by atoms with Crippen LogP contribution in [0.3, 0.4) is 0 Å². The highest BCUT2D eigenvalue weighted by Gasteiger charge is 2.06. The van der Waals surface area contributed by atoms with Gasteiger partial charge in [-0.1, -0.05) is 34.8 Å². The van der Waals surface area contributed by atoms with Crippen LogP contribution in [-0.2, 0) is 6.54 Å². The highest BCUT2D eigenvalue weighted by atomic mass is 35.5. The predicted octanol–water partition coefficient (Wildman–Crippen LogP) is 5.27. The first-order chi connectivity index (χ1) is 9.10. The second-order valence-corrected chi connectivity index (χ2v) is 5.21. The summed E-state index contributed by atoms with van der Waals surface area (Å²) in [4.78, 5) is 0. The lowest BCUT2D eigenvalue weighted by atomic mass is 10.2. The molecule has 0 spiro atoms. The van der Waals surface area contributed by atoms with Crippen LogP contribution in [0, 0.1) is 0 Å². The van der Waals surface area contributed by atoms with Crippen molar-refractivity contribution in [1.29, 1.82) is 0 Å². The Balaban J connectivity index is 2.18. The smallest absolute Gasteiger partial charge is 0.142 e. The molecule has 0 radical (unpaired) electrons. The Hall–Kier alpha value is -1.09. The first kappa shape index (κ1) is 14.3. The van der Waals surface area contributed by atoms with Gasteiger partial charge in [0.15, 0.2) is 0 Å². The minimum absolute atomic E-state index is 0.538. The average Bonchev–Trinajstić information content (AvgIpc) is 2.40. The van der Waals surface area contributed by atoms with Gasteiger partial charge in [0, 0.05) is 21.6 Å². The summed E-state index contributed by atoms with van der Waals surface area (Å²) in [6, 6.07) is 10.7. The van der Waals surface area contributed by atoms with E-state index in [0.29, 0.717) is 21.6 Å². The Morgan fingerprint density at radius 1 is 1.00 bits per heavy atom. The lowest BCUT2D eigenvalue weighted by molar-refractivity contribution is 0.416. The Morgan fingerprint density at radius 2 is 1.68 bits per heavy atom. The molecule has 0 aliphatic rings. The first-order valence-electron chi connectivity index (χ1n) is 5.61. The summed E-state index contributed by atoms with van der Waals surface area (Å²) in [5, 5.41) is 5.19. The van der Waals surface area contributed by atoms with Crippen molar-refractivity contribution in [3.8, 4) is 5.75 Å². The molecule has 2 aromatic rings. The highest BCUT2D eigenvalue weighted by Crippen LogP contribution is 2.29. The van der Waals surface area contributed by atoms with E-state index in [1.165, 1.54) is 0 Å². The third kappa shape index (κ3) is 3.69. The SMILES string of the molecule is COc1ccc(Cl)cc1NCc1cc(Cl)ccc1Cl. The Labute approximate surface area is 127 Å². The Morgan fingerprint density at radius 3 is 2.42 bits per heavy atom. The zero-order chi connectivity index (χ0) is 13.8. The van der Waals surface area contributed by atoms with E-state index >= 15 is 0 Å². The number of nitrogens with one attached hydrogen (secondary N) is 1. The van der Waals surface area contributed by atoms with Gasteiger partial charge in [0.1, 0.15) is 5.75 Å². The molecule has 0 fully saturated rings. The maximum absolute atomic E-state index is 6.11. The van der Waals surface area contributed by atoms with Gasteiger partial charge in [-0.05, 0) is 42.0 Å². The van der Waals surface area contributed by atoms with Crippen LogP contribution in [0.2, 0.25) is 15.1 Å². The standard InChI is InChI=1S/C14H12Cl3NO/c1-19-14-5-3-11(16)7-13(14)18-8-9-6-10(15)2-4-12(9)17/h2-7,18H,8H2,1H3. The van der Waals surface area contributed by atoms with Gasteiger partial charge in [0.25, 0.3) is 0 Å². The van der Waals surface area contributed by atoms with Crippen LogP contribution in [0.5, 0.6) is 5.75 Å². The van der Waals surface area contributed by atoms with Crippen molar-refractivity contribution in [2.24, 2.45) is 0 Å². The summed E-state index contributed by atoms with van der Waals surface area (Å²) < 4.78 is 5.26. The highest BCUT2D eigenvalue weighted by molar-refractivity contribution is 6.33. The molecule has 2 aromatic carbocycles. The van der Waals surface area contributed by atoms with Gasteiger partial charge in [-0.3, -0.25) is 0 Å². The van der Waals surface area contributed by atoms with Crippen LogP contribution in [0.4, 0.5) is 5.69 Å².